The van der Waals surface area contributed by atoms with Crippen LogP contribution in [0.15, 0.2) is 29.4 Å². The fraction of sp³-hybridized carbons (Fsp3) is 0.467. The van der Waals surface area contributed by atoms with Gasteiger partial charge in [-0.05, 0) is 36.6 Å². The summed E-state index contributed by atoms with van der Waals surface area (Å²) in [6, 6.07) is 6.81. The quantitative estimate of drug-likeness (QED) is 0.308. The SMILES string of the molecule is CCC(NC(=O)COc1ccc(C(N)=NO)cc1)C(C)C. The van der Waals surface area contributed by atoms with Gasteiger partial charge in [-0.1, -0.05) is 25.9 Å². The van der Waals surface area contributed by atoms with E-state index >= 15 is 0 Å². The van der Waals surface area contributed by atoms with Gasteiger partial charge in [0.25, 0.3) is 5.91 Å². The number of nitrogens with zero attached hydrogens (tertiary/aromatic N) is 1. The molecule has 0 aliphatic heterocycles. The van der Waals surface area contributed by atoms with E-state index in [2.05, 4.69) is 24.3 Å². The molecule has 0 fully saturated rings. The molecule has 0 radical (unpaired) electrons. The molecule has 0 saturated heterocycles. The van der Waals surface area contributed by atoms with E-state index in [1.54, 1.807) is 24.3 Å². The molecule has 21 heavy (non-hydrogen) atoms. The van der Waals surface area contributed by atoms with Gasteiger partial charge in [-0.15, -0.1) is 0 Å². The summed E-state index contributed by atoms with van der Waals surface area (Å²) in [5, 5.41) is 14.4. The molecular weight excluding hydrogens is 270 g/mol. The van der Waals surface area contributed by atoms with Crippen molar-refractivity contribution in [3.05, 3.63) is 29.8 Å². The predicted molar refractivity (Wildman–Crippen MR) is 81.5 cm³/mol. The van der Waals surface area contributed by atoms with Gasteiger partial charge in [-0.2, -0.15) is 0 Å². The number of oxime groups is 1. The highest BCUT2D eigenvalue weighted by molar-refractivity contribution is 5.97. The Hall–Kier alpha value is -2.24. The summed E-state index contributed by atoms with van der Waals surface area (Å²) in [5.41, 5.74) is 6.04. The van der Waals surface area contributed by atoms with Gasteiger partial charge in [0, 0.05) is 11.6 Å². The van der Waals surface area contributed by atoms with Crippen LogP contribution in [0.1, 0.15) is 32.8 Å². The third-order valence-electron chi connectivity index (χ3n) is 3.22. The summed E-state index contributed by atoms with van der Waals surface area (Å²) in [4.78, 5) is 11.8. The molecule has 1 aromatic carbocycles. The van der Waals surface area contributed by atoms with E-state index in [-0.39, 0.29) is 24.4 Å². The van der Waals surface area contributed by atoms with Crippen LogP contribution in [0.3, 0.4) is 0 Å². The first kappa shape index (κ1) is 16.8. The fourth-order valence-corrected chi connectivity index (χ4v) is 1.92. The molecule has 1 unspecified atom stereocenters. The molecule has 0 bridgehead atoms. The first-order valence-corrected chi connectivity index (χ1v) is 6.98. The highest BCUT2D eigenvalue weighted by Gasteiger charge is 2.14. The first-order valence-electron chi connectivity index (χ1n) is 6.98. The summed E-state index contributed by atoms with van der Waals surface area (Å²) >= 11 is 0. The lowest BCUT2D eigenvalue weighted by Gasteiger charge is -2.20. The Labute approximate surface area is 125 Å². The van der Waals surface area contributed by atoms with E-state index in [4.69, 9.17) is 15.7 Å². The van der Waals surface area contributed by atoms with Crippen molar-refractivity contribution < 1.29 is 14.7 Å². The normalized spacial score (nSPS) is 13.0. The van der Waals surface area contributed by atoms with Crippen molar-refractivity contribution in [3.63, 3.8) is 0 Å². The maximum absolute atomic E-state index is 11.8. The first-order chi connectivity index (χ1) is 9.97. The Bertz CT molecular complexity index is 483. The average Bonchev–Trinajstić information content (AvgIpc) is 2.49. The lowest BCUT2D eigenvalue weighted by Crippen LogP contribution is -2.40. The van der Waals surface area contributed by atoms with Crippen molar-refractivity contribution in [3.8, 4) is 5.75 Å². The predicted octanol–water partition coefficient (Wildman–Crippen LogP) is 1.71. The minimum atomic E-state index is -0.143. The number of hydrogen-bond donors (Lipinski definition) is 3. The van der Waals surface area contributed by atoms with E-state index < -0.39 is 0 Å². The standard InChI is InChI=1S/C15H23N3O3/c1-4-13(10(2)3)17-14(19)9-21-12-7-5-11(6-8-12)15(16)18-20/h5-8,10,13,20H,4,9H2,1-3H3,(H2,16,18)(H,17,19). The third kappa shape index (κ3) is 5.33. The molecule has 6 heteroatoms. The van der Waals surface area contributed by atoms with Gasteiger partial charge in [0.2, 0.25) is 0 Å². The summed E-state index contributed by atoms with van der Waals surface area (Å²) in [6.45, 7) is 6.14. The van der Waals surface area contributed by atoms with Crippen LogP contribution in [0.2, 0.25) is 0 Å². The van der Waals surface area contributed by atoms with Crippen LogP contribution in [0.5, 0.6) is 5.75 Å². The molecular formula is C15H23N3O3. The van der Waals surface area contributed by atoms with Crippen LogP contribution < -0.4 is 15.8 Å². The zero-order valence-electron chi connectivity index (χ0n) is 12.7. The second kappa shape index (κ2) is 8.14. The number of nitrogens with one attached hydrogen (secondary N) is 1. The van der Waals surface area contributed by atoms with E-state index in [0.29, 0.717) is 17.2 Å². The fourth-order valence-electron chi connectivity index (χ4n) is 1.92. The van der Waals surface area contributed by atoms with Crippen LogP contribution in [-0.4, -0.2) is 29.6 Å². The second-order valence-electron chi connectivity index (χ2n) is 5.12. The van der Waals surface area contributed by atoms with Gasteiger partial charge in [-0.25, -0.2) is 0 Å². The monoisotopic (exact) mass is 293 g/mol. The maximum atomic E-state index is 11.8. The number of nitrogens with two attached hydrogens (primary N) is 1. The molecule has 116 valence electrons. The Morgan fingerprint density at radius 2 is 2.00 bits per heavy atom. The highest BCUT2D eigenvalue weighted by Crippen LogP contribution is 2.12. The lowest BCUT2D eigenvalue weighted by molar-refractivity contribution is -0.124. The number of amides is 1. The van der Waals surface area contributed by atoms with Gasteiger partial charge in [-0.3, -0.25) is 4.79 Å². The molecule has 0 aliphatic carbocycles. The van der Waals surface area contributed by atoms with Crippen molar-refractivity contribution in [2.75, 3.05) is 6.61 Å². The topological polar surface area (TPSA) is 96.9 Å². The van der Waals surface area contributed by atoms with E-state index in [1.165, 1.54) is 0 Å². The number of carbonyl (C=O) groups excluding carboxylic acids is 1. The van der Waals surface area contributed by atoms with Gasteiger partial charge >= 0.3 is 0 Å². The van der Waals surface area contributed by atoms with Crippen LogP contribution in [-0.2, 0) is 4.79 Å². The molecule has 1 rings (SSSR count). The van der Waals surface area contributed by atoms with E-state index in [9.17, 15) is 4.79 Å². The molecule has 0 aromatic heterocycles. The summed E-state index contributed by atoms with van der Waals surface area (Å²) in [5.74, 6) is 0.828. The number of hydrogen-bond acceptors (Lipinski definition) is 4. The van der Waals surface area contributed by atoms with Crippen LogP contribution in [0, 0.1) is 5.92 Å². The zero-order chi connectivity index (χ0) is 15.8. The van der Waals surface area contributed by atoms with Gasteiger partial charge in [0.05, 0.1) is 0 Å². The van der Waals surface area contributed by atoms with E-state index in [0.717, 1.165) is 6.42 Å². The van der Waals surface area contributed by atoms with Crippen LogP contribution >= 0.6 is 0 Å². The summed E-state index contributed by atoms with van der Waals surface area (Å²) in [7, 11) is 0. The van der Waals surface area contributed by atoms with Crippen LogP contribution in [0.25, 0.3) is 0 Å². The average molecular weight is 293 g/mol. The van der Waals surface area contributed by atoms with Gasteiger partial charge < -0.3 is 21.0 Å². The van der Waals surface area contributed by atoms with Gasteiger partial charge in [0.15, 0.2) is 12.4 Å². The largest absolute Gasteiger partial charge is 0.484 e. The number of amidine groups is 1. The number of ether oxygens (including phenoxy) is 1. The Kier molecular flexibility index (Phi) is 6.52. The van der Waals surface area contributed by atoms with Crippen molar-refractivity contribution in [2.45, 2.75) is 33.2 Å². The molecule has 4 N–H and O–H groups in total. The Morgan fingerprint density at radius 3 is 2.48 bits per heavy atom. The minimum Gasteiger partial charge on any atom is -0.484 e. The molecule has 6 nitrogen and oxygen atoms in total. The highest BCUT2D eigenvalue weighted by atomic mass is 16.5. The molecule has 1 atom stereocenters. The van der Waals surface area contributed by atoms with Crippen molar-refractivity contribution in [1.82, 2.24) is 5.32 Å². The van der Waals surface area contributed by atoms with Crippen LogP contribution in [0.4, 0.5) is 0 Å². The lowest BCUT2D eigenvalue weighted by atomic mass is 10.0. The molecule has 1 aromatic rings. The van der Waals surface area contributed by atoms with Crippen molar-refractivity contribution in [1.29, 1.82) is 0 Å². The Balaban J connectivity index is 2.50. The van der Waals surface area contributed by atoms with E-state index in [1.807, 2.05) is 6.92 Å². The minimum absolute atomic E-state index is 0.0296. The molecule has 0 aliphatic rings. The zero-order valence-corrected chi connectivity index (χ0v) is 12.7. The maximum Gasteiger partial charge on any atom is 0.258 e. The smallest absolute Gasteiger partial charge is 0.258 e. The number of benzene rings is 1. The number of rotatable bonds is 7. The molecule has 0 heterocycles. The molecule has 1 amide bonds. The molecule has 0 spiro atoms. The number of carbonyl (C=O) groups is 1. The molecule has 0 saturated carbocycles. The van der Waals surface area contributed by atoms with Gasteiger partial charge in [0.1, 0.15) is 5.75 Å². The third-order valence-corrected chi connectivity index (χ3v) is 3.22. The second-order valence-corrected chi connectivity index (χ2v) is 5.12. The Morgan fingerprint density at radius 1 is 1.38 bits per heavy atom. The van der Waals surface area contributed by atoms with Crippen molar-refractivity contribution in [2.24, 2.45) is 16.8 Å². The summed E-state index contributed by atoms with van der Waals surface area (Å²) in [6.07, 6.45) is 0.887. The summed E-state index contributed by atoms with van der Waals surface area (Å²) < 4.78 is 5.41. The van der Waals surface area contributed by atoms with Crippen molar-refractivity contribution >= 4 is 11.7 Å².